The maximum absolute atomic E-state index is 12.7. The first-order valence-corrected chi connectivity index (χ1v) is 9.80. The summed E-state index contributed by atoms with van der Waals surface area (Å²) >= 11 is 0. The van der Waals surface area contributed by atoms with Gasteiger partial charge in [-0.05, 0) is 29.8 Å². The van der Waals surface area contributed by atoms with E-state index in [-0.39, 0.29) is 5.91 Å². The molecule has 3 aromatic carbocycles. The minimum absolute atomic E-state index is 0.126. The third kappa shape index (κ3) is 4.47. The number of benzene rings is 3. The van der Waals surface area contributed by atoms with E-state index >= 15 is 0 Å². The average molecular weight is 397 g/mol. The molecule has 4 aromatic rings. The molecule has 1 aromatic heterocycles. The van der Waals surface area contributed by atoms with Crippen molar-refractivity contribution in [2.24, 2.45) is 0 Å². The number of carbonyl (C=O) groups is 1. The Morgan fingerprint density at radius 1 is 0.967 bits per heavy atom. The second-order valence-corrected chi connectivity index (χ2v) is 6.97. The third-order valence-electron chi connectivity index (χ3n) is 4.80. The molecule has 1 heterocycles. The minimum atomic E-state index is -0.126. The Kier molecular flexibility index (Phi) is 6.01. The number of methoxy groups -OCH3 is 1. The number of amides is 1. The van der Waals surface area contributed by atoms with Crippen LogP contribution in [0, 0.1) is 0 Å². The summed E-state index contributed by atoms with van der Waals surface area (Å²) in [5.74, 6) is -0.126. The van der Waals surface area contributed by atoms with Crippen molar-refractivity contribution in [3.63, 3.8) is 0 Å². The van der Waals surface area contributed by atoms with Crippen molar-refractivity contribution in [2.45, 2.75) is 13.2 Å². The summed E-state index contributed by atoms with van der Waals surface area (Å²) in [6, 6.07) is 27.4. The zero-order chi connectivity index (χ0) is 20.8. The highest BCUT2D eigenvalue weighted by Crippen LogP contribution is 2.23. The van der Waals surface area contributed by atoms with Gasteiger partial charge in [0.1, 0.15) is 0 Å². The van der Waals surface area contributed by atoms with Gasteiger partial charge in [0.2, 0.25) is 0 Å². The van der Waals surface area contributed by atoms with Crippen molar-refractivity contribution in [1.82, 2.24) is 15.1 Å². The fourth-order valence-corrected chi connectivity index (χ4v) is 3.34. The van der Waals surface area contributed by atoms with Crippen LogP contribution in [0.3, 0.4) is 0 Å². The summed E-state index contributed by atoms with van der Waals surface area (Å²) in [7, 11) is 1.64. The first-order chi connectivity index (χ1) is 14.7. The first kappa shape index (κ1) is 19.6. The molecule has 0 aliphatic heterocycles. The van der Waals surface area contributed by atoms with Gasteiger partial charge in [0.15, 0.2) is 0 Å². The molecular formula is C25H23N3O2. The lowest BCUT2D eigenvalue weighted by Crippen LogP contribution is -2.23. The summed E-state index contributed by atoms with van der Waals surface area (Å²) in [5, 5.41) is 7.82. The second-order valence-electron chi connectivity index (χ2n) is 6.97. The van der Waals surface area contributed by atoms with Gasteiger partial charge < -0.3 is 10.1 Å². The van der Waals surface area contributed by atoms with Gasteiger partial charge in [-0.25, -0.2) is 4.68 Å². The Bertz CT molecular complexity index is 1120. The maximum Gasteiger partial charge on any atom is 0.251 e. The SMILES string of the molecule is COCc1cccc(C(=O)NCc2cn(-c3ccccc3)nc2-c2ccccc2)c1. The molecule has 0 bridgehead atoms. The van der Waals surface area contributed by atoms with Crippen molar-refractivity contribution in [2.75, 3.05) is 7.11 Å². The number of para-hydroxylation sites is 1. The van der Waals surface area contributed by atoms with Gasteiger partial charge in [0.05, 0.1) is 18.0 Å². The number of ether oxygens (including phenoxy) is 1. The van der Waals surface area contributed by atoms with E-state index in [1.54, 1.807) is 13.2 Å². The van der Waals surface area contributed by atoms with E-state index < -0.39 is 0 Å². The number of hydrogen-bond donors (Lipinski definition) is 1. The topological polar surface area (TPSA) is 56.1 Å². The Morgan fingerprint density at radius 2 is 1.70 bits per heavy atom. The van der Waals surface area contributed by atoms with Crippen molar-refractivity contribution in [3.8, 4) is 16.9 Å². The largest absolute Gasteiger partial charge is 0.380 e. The van der Waals surface area contributed by atoms with E-state index in [4.69, 9.17) is 9.84 Å². The van der Waals surface area contributed by atoms with Crippen LogP contribution in [0.25, 0.3) is 16.9 Å². The highest BCUT2D eigenvalue weighted by Gasteiger charge is 2.14. The molecule has 4 rings (SSSR count). The van der Waals surface area contributed by atoms with E-state index in [1.165, 1.54) is 0 Å². The fraction of sp³-hybridized carbons (Fsp3) is 0.120. The van der Waals surface area contributed by atoms with Gasteiger partial charge >= 0.3 is 0 Å². The smallest absolute Gasteiger partial charge is 0.251 e. The van der Waals surface area contributed by atoms with Gasteiger partial charge in [-0.2, -0.15) is 5.10 Å². The number of rotatable bonds is 7. The van der Waals surface area contributed by atoms with Crippen LogP contribution < -0.4 is 5.32 Å². The fourth-order valence-electron chi connectivity index (χ4n) is 3.34. The molecule has 5 heteroatoms. The average Bonchev–Trinajstić information content (AvgIpc) is 3.23. The summed E-state index contributed by atoms with van der Waals surface area (Å²) in [5.41, 5.74) is 5.37. The standard InChI is InChI=1S/C25H23N3O2/c1-30-18-19-9-8-12-21(15-19)25(29)26-16-22-17-28(23-13-6-3-7-14-23)27-24(22)20-10-4-2-5-11-20/h2-15,17H,16,18H2,1H3,(H,26,29). The second kappa shape index (κ2) is 9.20. The van der Waals surface area contributed by atoms with Gasteiger partial charge in [-0.1, -0.05) is 60.7 Å². The van der Waals surface area contributed by atoms with Crippen molar-refractivity contribution >= 4 is 5.91 Å². The van der Waals surface area contributed by atoms with Crippen LogP contribution in [0.5, 0.6) is 0 Å². The van der Waals surface area contributed by atoms with E-state index in [0.717, 1.165) is 28.1 Å². The lowest BCUT2D eigenvalue weighted by Gasteiger charge is -2.07. The molecule has 0 spiro atoms. The van der Waals surface area contributed by atoms with E-state index in [1.807, 2.05) is 89.7 Å². The number of nitrogens with one attached hydrogen (secondary N) is 1. The molecule has 30 heavy (non-hydrogen) atoms. The maximum atomic E-state index is 12.7. The van der Waals surface area contributed by atoms with E-state index in [9.17, 15) is 4.79 Å². The molecule has 0 saturated carbocycles. The molecule has 1 N–H and O–H groups in total. The molecular weight excluding hydrogens is 374 g/mol. The third-order valence-corrected chi connectivity index (χ3v) is 4.80. The Hall–Kier alpha value is -3.70. The van der Waals surface area contributed by atoms with Gasteiger partial charge in [0.25, 0.3) is 5.91 Å². The molecule has 0 aliphatic rings. The molecule has 0 unspecified atom stereocenters. The van der Waals surface area contributed by atoms with E-state index in [0.29, 0.717) is 18.7 Å². The summed E-state index contributed by atoms with van der Waals surface area (Å²) in [4.78, 5) is 12.7. The van der Waals surface area contributed by atoms with Crippen molar-refractivity contribution in [3.05, 3.63) is 108 Å². The van der Waals surface area contributed by atoms with Crippen LogP contribution in [-0.2, 0) is 17.9 Å². The molecule has 0 atom stereocenters. The number of nitrogens with zero attached hydrogens (tertiary/aromatic N) is 2. The van der Waals surface area contributed by atoms with Crippen LogP contribution >= 0.6 is 0 Å². The monoisotopic (exact) mass is 397 g/mol. The molecule has 5 nitrogen and oxygen atoms in total. The highest BCUT2D eigenvalue weighted by atomic mass is 16.5. The molecule has 0 saturated heterocycles. The molecule has 0 fully saturated rings. The number of carbonyl (C=O) groups excluding carboxylic acids is 1. The van der Waals surface area contributed by atoms with Gasteiger partial charge in [0, 0.05) is 36.5 Å². The zero-order valence-corrected chi connectivity index (χ0v) is 16.8. The lowest BCUT2D eigenvalue weighted by molar-refractivity contribution is 0.0950. The van der Waals surface area contributed by atoms with Crippen molar-refractivity contribution in [1.29, 1.82) is 0 Å². The molecule has 150 valence electrons. The van der Waals surface area contributed by atoms with Crippen LogP contribution in [0.15, 0.2) is 91.1 Å². The van der Waals surface area contributed by atoms with Gasteiger partial charge in [-0.3, -0.25) is 4.79 Å². The summed E-state index contributed by atoms with van der Waals surface area (Å²) in [6.07, 6.45) is 1.97. The van der Waals surface area contributed by atoms with Crippen molar-refractivity contribution < 1.29 is 9.53 Å². The number of hydrogen-bond acceptors (Lipinski definition) is 3. The van der Waals surface area contributed by atoms with Crippen LogP contribution in [-0.4, -0.2) is 22.8 Å². The van der Waals surface area contributed by atoms with Crippen LogP contribution in [0.1, 0.15) is 21.5 Å². The Balaban J connectivity index is 1.59. The summed E-state index contributed by atoms with van der Waals surface area (Å²) < 4.78 is 7.01. The zero-order valence-electron chi connectivity index (χ0n) is 16.8. The van der Waals surface area contributed by atoms with Gasteiger partial charge in [-0.15, -0.1) is 0 Å². The molecule has 1 amide bonds. The predicted octanol–water partition coefficient (Wildman–Crippen LogP) is 4.62. The normalized spacial score (nSPS) is 10.7. The highest BCUT2D eigenvalue weighted by molar-refractivity contribution is 5.94. The van der Waals surface area contributed by atoms with Crippen LogP contribution in [0.2, 0.25) is 0 Å². The van der Waals surface area contributed by atoms with E-state index in [2.05, 4.69) is 5.32 Å². The lowest BCUT2D eigenvalue weighted by atomic mass is 10.1. The molecule has 0 aliphatic carbocycles. The first-order valence-electron chi connectivity index (χ1n) is 9.80. The number of aromatic nitrogens is 2. The van der Waals surface area contributed by atoms with Crippen LogP contribution in [0.4, 0.5) is 0 Å². The minimum Gasteiger partial charge on any atom is -0.380 e. The molecule has 0 radical (unpaired) electrons. The summed E-state index contributed by atoms with van der Waals surface area (Å²) in [6.45, 7) is 0.855. The Labute approximate surface area is 175 Å². The Morgan fingerprint density at radius 3 is 2.43 bits per heavy atom. The predicted molar refractivity (Wildman–Crippen MR) is 117 cm³/mol. The quantitative estimate of drug-likeness (QED) is 0.495.